The fraction of sp³-hybridized carbons (Fsp3) is 0.667. The summed E-state index contributed by atoms with van der Waals surface area (Å²) in [5.41, 5.74) is 0. The molecule has 41 valence electrons. The van der Waals surface area contributed by atoms with Crippen LogP contribution >= 0.6 is 0 Å². The zero-order valence-corrected chi connectivity index (χ0v) is 6.38. The molecule has 0 aliphatic rings. The van der Waals surface area contributed by atoms with Gasteiger partial charge in [0.05, 0.1) is 0 Å². The Balaban J connectivity index is 0. The van der Waals surface area contributed by atoms with Crippen molar-refractivity contribution in [2.24, 2.45) is 0 Å². The number of hydrogen-bond donors (Lipinski definition) is 2. The number of hydrogen-bond acceptors (Lipinski definition) is 2. The van der Waals surface area contributed by atoms with Crippen molar-refractivity contribution in [1.29, 1.82) is 0 Å². The van der Waals surface area contributed by atoms with Gasteiger partial charge >= 0.3 is 5.97 Å². The van der Waals surface area contributed by atoms with Crippen molar-refractivity contribution >= 4 is 30.4 Å². The Bertz CT molecular complexity index is 61.2. The van der Waals surface area contributed by atoms with Gasteiger partial charge in [0.2, 0.25) is 0 Å². The maximum absolute atomic E-state index is 9.45. The van der Waals surface area contributed by atoms with Gasteiger partial charge in [-0.3, -0.25) is 0 Å². The standard InChI is InChI=1S/C3H6O3.Sb/c1-2(4)3(5)6;/h2,4H,1H3,(H,5,6);. The van der Waals surface area contributed by atoms with E-state index in [4.69, 9.17) is 10.2 Å². The predicted octanol–water partition coefficient (Wildman–Crippen LogP) is -0.929. The molecule has 3 nitrogen and oxygen atoms in total. The second kappa shape index (κ2) is 4.41. The van der Waals surface area contributed by atoms with Crippen LogP contribution < -0.4 is 0 Å². The zero-order chi connectivity index (χ0) is 5.15. The normalized spacial score (nSPS) is 11.7. The summed E-state index contributed by atoms with van der Waals surface area (Å²) in [6, 6.07) is 0. The van der Waals surface area contributed by atoms with E-state index in [-0.39, 0.29) is 24.4 Å². The van der Waals surface area contributed by atoms with Crippen LogP contribution in [-0.2, 0) is 4.79 Å². The Morgan fingerprint density at radius 1 is 1.71 bits per heavy atom. The van der Waals surface area contributed by atoms with E-state index >= 15 is 0 Å². The van der Waals surface area contributed by atoms with Gasteiger partial charge in [0.15, 0.2) is 0 Å². The van der Waals surface area contributed by atoms with Gasteiger partial charge < -0.3 is 10.2 Å². The first-order valence-electron chi connectivity index (χ1n) is 1.55. The Labute approximate surface area is 58.8 Å². The molecule has 0 aromatic heterocycles. The van der Waals surface area contributed by atoms with Crippen LogP contribution in [0.1, 0.15) is 6.92 Å². The smallest absolute Gasteiger partial charge is 0.332 e. The molecular weight excluding hydrogens is 206 g/mol. The fourth-order valence-corrected chi connectivity index (χ4v) is 0. The van der Waals surface area contributed by atoms with Gasteiger partial charge in [0.1, 0.15) is 6.10 Å². The third kappa shape index (κ3) is 6.25. The molecule has 0 aliphatic carbocycles. The SMILES string of the molecule is CC(O)C(=O)O.[Sb]. The Hall–Kier alpha value is 0.248. The minimum atomic E-state index is -1.23. The summed E-state index contributed by atoms with van der Waals surface area (Å²) >= 11 is 0. The third-order valence-corrected chi connectivity index (χ3v) is 0.357. The van der Waals surface area contributed by atoms with Crippen LogP contribution in [0.5, 0.6) is 0 Å². The summed E-state index contributed by atoms with van der Waals surface area (Å²) in [5, 5.41) is 15.8. The molecule has 1 unspecified atom stereocenters. The second-order valence-corrected chi connectivity index (χ2v) is 1.01. The van der Waals surface area contributed by atoms with E-state index in [2.05, 4.69) is 0 Å². The van der Waals surface area contributed by atoms with Gasteiger partial charge in [-0.15, -0.1) is 0 Å². The van der Waals surface area contributed by atoms with Gasteiger partial charge in [-0.05, 0) is 6.92 Å². The third-order valence-electron chi connectivity index (χ3n) is 0.357. The summed E-state index contributed by atoms with van der Waals surface area (Å²) in [5.74, 6) is -1.19. The van der Waals surface area contributed by atoms with Crippen molar-refractivity contribution in [2.75, 3.05) is 0 Å². The molecule has 0 spiro atoms. The summed E-state index contributed by atoms with van der Waals surface area (Å²) < 4.78 is 0. The van der Waals surface area contributed by atoms with Crippen LogP contribution in [0.3, 0.4) is 0 Å². The molecule has 0 saturated carbocycles. The minimum absolute atomic E-state index is 0. The maximum atomic E-state index is 9.45. The number of aliphatic hydroxyl groups is 1. The van der Waals surface area contributed by atoms with Crippen molar-refractivity contribution < 1.29 is 15.0 Å². The molecule has 0 aromatic carbocycles. The van der Waals surface area contributed by atoms with Gasteiger partial charge in [0, 0.05) is 24.4 Å². The molecule has 0 rings (SSSR count). The molecule has 1 atom stereocenters. The molecule has 4 heteroatoms. The maximum Gasteiger partial charge on any atom is 0.332 e. The van der Waals surface area contributed by atoms with Crippen LogP contribution in [0, 0.1) is 0 Å². The molecule has 7 heavy (non-hydrogen) atoms. The van der Waals surface area contributed by atoms with E-state index in [9.17, 15) is 4.79 Å². The van der Waals surface area contributed by atoms with Crippen molar-refractivity contribution in [2.45, 2.75) is 13.0 Å². The average Bonchev–Trinajstić information content (AvgIpc) is 1.36. The summed E-state index contributed by atoms with van der Waals surface area (Å²) in [7, 11) is 0. The molecule has 0 saturated heterocycles. The van der Waals surface area contributed by atoms with Gasteiger partial charge in [-0.1, -0.05) is 0 Å². The quantitative estimate of drug-likeness (QED) is 0.552. The van der Waals surface area contributed by atoms with E-state index in [0.29, 0.717) is 0 Å². The monoisotopic (exact) mass is 211 g/mol. The Morgan fingerprint density at radius 3 is 1.86 bits per heavy atom. The van der Waals surface area contributed by atoms with Crippen LogP contribution in [-0.4, -0.2) is 46.7 Å². The predicted molar refractivity (Wildman–Crippen MR) is 25.1 cm³/mol. The molecule has 0 heterocycles. The number of carboxylic acids is 1. The van der Waals surface area contributed by atoms with Gasteiger partial charge in [-0.2, -0.15) is 0 Å². The molecule has 2 N–H and O–H groups in total. The number of aliphatic hydroxyl groups excluding tert-OH is 1. The van der Waals surface area contributed by atoms with Crippen molar-refractivity contribution in [3.05, 3.63) is 0 Å². The van der Waals surface area contributed by atoms with E-state index in [1.54, 1.807) is 0 Å². The molecule has 0 aromatic rings. The number of carboxylic acid groups (broad SMARTS) is 1. The fourth-order valence-electron chi connectivity index (χ4n) is 0. The summed E-state index contributed by atoms with van der Waals surface area (Å²) in [6.45, 7) is 1.20. The van der Waals surface area contributed by atoms with E-state index in [0.717, 1.165) is 0 Å². The first-order chi connectivity index (χ1) is 2.64. The molecular formula is C3H6O3Sb. The van der Waals surface area contributed by atoms with Crippen molar-refractivity contribution in [3.63, 3.8) is 0 Å². The molecule has 3 radical (unpaired) electrons. The van der Waals surface area contributed by atoms with Crippen molar-refractivity contribution in [1.82, 2.24) is 0 Å². The van der Waals surface area contributed by atoms with Crippen LogP contribution in [0.25, 0.3) is 0 Å². The molecule has 0 amide bonds. The number of aliphatic carboxylic acids is 1. The second-order valence-electron chi connectivity index (χ2n) is 1.01. The number of rotatable bonds is 1. The minimum Gasteiger partial charge on any atom is -0.479 e. The number of carbonyl (C=O) groups is 1. The zero-order valence-electron chi connectivity index (χ0n) is 3.83. The Morgan fingerprint density at radius 2 is 1.86 bits per heavy atom. The van der Waals surface area contributed by atoms with Crippen LogP contribution in [0.15, 0.2) is 0 Å². The first-order valence-corrected chi connectivity index (χ1v) is 1.55. The summed E-state index contributed by atoms with van der Waals surface area (Å²) in [6.07, 6.45) is -1.23. The van der Waals surface area contributed by atoms with Gasteiger partial charge in [-0.25, -0.2) is 4.79 Å². The molecule has 0 aliphatic heterocycles. The van der Waals surface area contributed by atoms with Crippen LogP contribution in [0.4, 0.5) is 0 Å². The van der Waals surface area contributed by atoms with E-state index in [1.165, 1.54) is 6.92 Å². The molecule has 0 fully saturated rings. The Kier molecular flexibility index (Phi) is 6.47. The van der Waals surface area contributed by atoms with E-state index < -0.39 is 12.1 Å². The summed E-state index contributed by atoms with van der Waals surface area (Å²) in [4.78, 5) is 9.45. The van der Waals surface area contributed by atoms with Crippen molar-refractivity contribution in [3.8, 4) is 0 Å². The van der Waals surface area contributed by atoms with Gasteiger partial charge in [0.25, 0.3) is 0 Å². The first kappa shape index (κ1) is 10.3. The largest absolute Gasteiger partial charge is 0.479 e. The molecule has 0 bridgehead atoms. The average molecular weight is 212 g/mol. The van der Waals surface area contributed by atoms with Crippen LogP contribution in [0.2, 0.25) is 0 Å². The van der Waals surface area contributed by atoms with E-state index in [1.807, 2.05) is 0 Å². The topological polar surface area (TPSA) is 57.5 Å².